The molecule has 53 heavy (non-hydrogen) atoms. The van der Waals surface area contributed by atoms with Crippen molar-refractivity contribution in [2.24, 2.45) is 0 Å². The van der Waals surface area contributed by atoms with Gasteiger partial charge in [-0.3, -0.25) is 0 Å². The molecule has 8 aromatic rings. The highest BCUT2D eigenvalue weighted by Gasteiger charge is 2.44. The van der Waals surface area contributed by atoms with Gasteiger partial charge in [0.05, 0.1) is 5.69 Å². The zero-order chi connectivity index (χ0) is 36.0. The Labute approximate surface area is 312 Å². The van der Waals surface area contributed by atoms with Crippen LogP contribution in [0.4, 0.5) is 17.1 Å². The number of anilines is 3. The van der Waals surface area contributed by atoms with Crippen molar-refractivity contribution in [3.8, 4) is 44.5 Å². The molecule has 0 saturated carbocycles. The van der Waals surface area contributed by atoms with Gasteiger partial charge in [-0.25, -0.2) is 0 Å². The summed E-state index contributed by atoms with van der Waals surface area (Å²) in [5.74, 6) is 0. The molecule has 8 aromatic carbocycles. The normalized spacial score (nSPS) is 14.9. The minimum absolute atomic E-state index is 0.145. The van der Waals surface area contributed by atoms with Gasteiger partial charge < -0.3 is 4.90 Å². The summed E-state index contributed by atoms with van der Waals surface area (Å²) >= 11 is 0. The smallest absolute Gasteiger partial charge is 0.0543 e. The SMILES string of the molecule is Cc1ccc(N(c2ccc(C)cc2)c2cc3c(c4ccccc24)-c2cc4c(cc2C3(C)C)-c2c(cc3c5c(cccc25)-c2ccccc2-3)C4(C)C)cc1. The molecule has 0 heterocycles. The molecule has 254 valence electrons. The average molecular weight is 680 g/mol. The Bertz CT molecular complexity index is 2840. The minimum atomic E-state index is -0.206. The number of hydrogen-bond acceptors (Lipinski definition) is 1. The van der Waals surface area contributed by atoms with Crippen LogP contribution in [0.5, 0.6) is 0 Å². The van der Waals surface area contributed by atoms with E-state index in [1.54, 1.807) is 0 Å². The molecule has 0 radical (unpaired) electrons. The Kier molecular flexibility index (Phi) is 6.00. The second-order valence-corrected chi connectivity index (χ2v) is 16.7. The second kappa shape index (κ2) is 10.4. The molecule has 0 spiro atoms. The first kappa shape index (κ1) is 30.7. The van der Waals surface area contributed by atoms with Crippen LogP contribution >= 0.6 is 0 Å². The molecule has 1 nitrogen and oxygen atoms in total. The molecule has 0 aliphatic heterocycles. The standard InChI is InChI=1S/C52H41N/c1-30-18-22-32(23-19-30)53(33-24-20-31(2)21-25-33)47-29-46-49(38-15-10-9-14-36(38)47)41-27-44-42(28-43(41)52(46,5)6)50-39-17-11-16-37-34-12-7-8-13-35(34)40(48(37)39)26-45(50)51(44,3)4/h7-29H,1-6H3. The van der Waals surface area contributed by atoms with E-state index in [1.807, 2.05) is 0 Å². The summed E-state index contributed by atoms with van der Waals surface area (Å²) in [5, 5.41) is 5.36. The fraction of sp³-hybridized carbons (Fsp3) is 0.154. The largest absolute Gasteiger partial charge is 0.310 e. The van der Waals surface area contributed by atoms with Gasteiger partial charge in [-0.05, 0) is 145 Å². The molecule has 0 unspecified atom stereocenters. The third kappa shape index (κ3) is 3.98. The van der Waals surface area contributed by atoms with Gasteiger partial charge in [-0.1, -0.05) is 130 Å². The van der Waals surface area contributed by atoms with Crippen molar-refractivity contribution in [3.63, 3.8) is 0 Å². The molecule has 0 aromatic heterocycles. The molecule has 0 saturated heterocycles. The van der Waals surface area contributed by atoms with Crippen LogP contribution in [-0.4, -0.2) is 0 Å². The lowest BCUT2D eigenvalue weighted by molar-refractivity contribution is 0.652. The molecule has 0 bridgehead atoms. The topological polar surface area (TPSA) is 3.24 Å². The summed E-state index contributed by atoms with van der Waals surface area (Å²) in [6.07, 6.45) is 0. The quantitative estimate of drug-likeness (QED) is 0.180. The van der Waals surface area contributed by atoms with Crippen molar-refractivity contribution in [1.29, 1.82) is 0 Å². The summed E-state index contributed by atoms with van der Waals surface area (Å²) < 4.78 is 0. The third-order valence-electron chi connectivity index (χ3n) is 12.9. The molecular weight excluding hydrogens is 639 g/mol. The predicted octanol–water partition coefficient (Wildman–Crippen LogP) is 14.3. The highest BCUT2D eigenvalue weighted by atomic mass is 15.1. The number of aryl methyl sites for hydroxylation is 2. The van der Waals surface area contributed by atoms with Gasteiger partial charge in [0.1, 0.15) is 0 Å². The first-order chi connectivity index (χ1) is 25.6. The Hall–Kier alpha value is -5.92. The van der Waals surface area contributed by atoms with Crippen molar-refractivity contribution in [2.45, 2.75) is 52.4 Å². The molecular formula is C52H41N. The number of rotatable bonds is 3. The van der Waals surface area contributed by atoms with Gasteiger partial charge in [-0.15, -0.1) is 0 Å². The van der Waals surface area contributed by atoms with Crippen LogP contribution < -0.4 is 4.90 Å². The van der Waals surface area contributed by atoms with Crippen molar-refractivity contribution in [2.75, 3.05) is 4.90 Å². The second-order valence-electron chi connectivity index (χ2n) is 16.7. The molecule has 0 N–H and O–H groups in total. The minimum Gasteiger partial charge on any atom is -0.310 e. The van der Waals surface area contributed by atoms with E-state index in [9.17, 15) is 0 Å². The van der Waals surface area contributed by atoms with Gasteiger partial charge in [0.15, 0.2) is 0 Å². The van der Waals surface area contributed by atoms with E-state index in [1.165, 1.54) is 116 Å². The lowest BCUT2D eigenvalue weighted by Crippen LogP contribution is -2.18. The van der Waals surface area contributed by atoms with Crippen molar-refractivity contribution in [3.05, 3.63) is 173 Å². The van der Waals surface area contributed by atoms with Gasteiger partial charge in [-0.2, -0.15) is 0 Å². The monoisotopic (exact) mass is 679 g/mol. The summed E-state index contributed by atoms with van der Waals surface area (Å²) in [4.78, 5) is 2.46. The number of fused-ring (bicyclic) bond motifs is 12. The molecule has 0 fully saturated rings. The summed E-state index contributed by atoms with van der Waals surface area (Å²) in [6, 6.07) is 53.1. The van der Waals surface area contributed by atoms with Crippen LogP contribution in [0.1, 0.15) is 61.1 Å². The maximum Gasteiger partial charge on any atom is 0.0543 e. The van der Waals surface area contributed by atoms with Crippen molar-refractivity contribution in [1.82, 2.24) is 0 Å². The van der Waals surface area contributed by atoms with E-state index in [0.717, 1.165) is 0 Å². The van der Waals surface area contributed by atoms with Crippen LogP contribution in [0.3, 0.4) is 0 Å². The average Bonchev–Trinajstić information content (AvgIpc) is 3.70. The highest BCUT2D eigenvalue weighted by molar-refractivity contribution is 6.21. The Morgan fingerprint density at radius 1 is 0.377 bits per heavy atom. The van der Waals surface area contributed by atoms with E-state index in [2.05, 4.69) is 186 Å². The van der Waals surface area contributed by atoms with Crippen LogP contribution in [0, 0.1) is 13.8 Å². The zero-order valence-corrected chi connectivity index (χ0v) is 31.2. The van der Waals surface area contributed by atoms with Gasteiger partial charge in [0.2, 0.25) is 0 Å². The van der Waals surface area contributed by atoms with E-state index in [-0.39, 0.29) is 10.8 Å². The highest BCUT2D eigenvalue weighted by Crippen LogP contribution is 2.61. The fourth-order valence-electron chi connectivity index (χ4n) is 10.1. The van der Waals surface area contributed by atoms with E-state index < -0.39 is 0 Å². The number of benzene rings is 8. The Morgan fingerprint density at radius 2 is 0.830 bits per heavy atom. The van der Waals surface area contributed by atoms with Crippen LogP contribution in [0.25, 0.3) is 66.1 Å². The molecule has 3 aliphatic rings. The zero-order valence-electron chi connectivity index (χ0n) is 31.2. The van der Waals surface area contributed by atoms with Crippen molar-refractivity contribution >= 4 is 38.6 Å². The maximum absolute atomic E-state index is 2.58. The van der Waals surface area contributed by atoms with Gasteiger partial charge in [0.25, 0.3) is 0 Å². The van der Waals surface area contributed by atoms with Crippen LogP contribution in [0.15, 0.2) is 140 Å². The van der Waals surface area contributed by atoms with Crippen LogP contribution in [-0.2, 0) is 10.8 Å². The first-order valence-electron chi connectivity index (χ1n) is 19.0. The molecule has 0 amide bonds. The van der Waals surface area contributed by atoms with E-state index in [4.69, 9.17) is 0 Å². The lowest BCUT2D eigenvalue weighted by Gasteiger charge is -2.30. The Morgan fingerprint density at radius 3 is 1.43 bits per heavy atom. The number of nitrogens with zero attached hydrogens (tertiary/aromatic N) is 1. The molecule has 3 aliphatic carbocycles. The predicted molar refractivity (Wildman–Crippen MR) is 225 cm³/mol. The summed E-state index contributed by atoms with van der Waals surface area (Å²) in [6.45, 7) is 14.1. The maximum atomic E-state index is 2.58. The summed E-state index contributed by atoms with van der Waals surface area (Å²) in [5.41, 5.74) is 22.5. The van der Waals surface area contributed by atoms with E-state index in [0.29, 0.717) is 0 Å². The third-order valence-corrected chi connectivity index (χ3v) is 12.9. The lowest BCUT2D eigenvalue weighted by atomic mass is 9.79. The molecule has 11 rings (SSSR count). The molecule has 0 atom stereocenters. The first-order valence-corrected chi connectivity index (χ1v) is 19.0. The summed E-state index contributed by atoms with van der Waals surface area (Å²) in [7, 11) is 0. The number of hydrogen-bond donors (Lipinski definition) is 0. The van der Waals surface area contributed by atoms with E-state index >= 15 is 0 Å². The Balaban J connectivity index is 1.17. The van der Waals surface area contributed by atoms with Gasteiger partial charge in [0, 0.05) is 27.6 Å². The van der Waals surface area contributed by atoms with Gasteiger partial charge >= 0.3 is 0 Å². The van der Waals surface area contributed by atoms with Crippen molar-refractivity contribution < 1.29 is 0 Å². The van der Waals surface area contributed by atoms with Crippen LogP contribution in [0.2, 0.25) is 0 Å². The molecule has 1 heteroatoms. The fourth-order valence-corrected chi connectivity index (χ4v) is 10.1.